The Labute approximate surface area is 98.9 Å². The van der Waals surface area contributed by atoms with Crippen LogP contribution >= 0.6 is 0 Å². The summed E-state index contributed by atoms with van der Waals surface area (Å²) in [5.74, 6) is -0.138. The normalized spacial score (nSPS) is 20.9. The van der Waals surface area contributed by atoms with Crippen LogP contribution in [0.5, 0.6) is 0 Å². The predicted octanol–water partition coefficient (Wildman–Crippen LogP) is 0.158. The number of hydrogen-bond donors (Lipinski definition) is 1. The Morgan fingerprint density at radius 3 is 2.94 bits per heavy atom. The molecular formula is C11H15N3O3. The standard InChI is InChI=1S/C11H15N3O3/c1-7(2)10-11(16)12-5-9(15)14(10)6-8-3-4-17-13-8/h3-4,7,10H,5-6H2,1-2H3,(H,12,16). The Kier molecular flexibility index (Phi) is 3.12. The number of nitrogens with zero attached hydrogens (tertiary/aromatic N) is 2. The molecule has 0 radical (unpaired) electrons. The molecule has 6 heteroatoms. The van der Waals surface area contributed by atoms with Gasteiger partial charge in [0.05, 0.1) is 13.1 Å². The third-order valence-electron chi connectivity index (χ3n) is 2.79. The summed E-state index contributed by atoms with van der Waals surface area (Å²) in [5.41, 5.74) is 0.652. The van der Waals surface area contributed by atoms with Gasteiger partial charge in [-0.05, 0) is 5.92 Å². The summed E-state index contributed by atoms with van der Waals surface area (Å²) in [6.45, 7) is 4.20. The van der Waals surface area contributed by atoms with Crippen molar-refractivity contribution in [3.05, 3.63) is 18.0 Å². The number of hydrogen-bond acceptors (Lipinski definition) is 4. The van der Waals surface area contributed by atoms with Gasteiger partial charge in [0.1, 0.15) is 18.0 Å². The van der Waals surface area contributed by atoms with Gasteiger partial charge in [0, 0.05) is 6.07 Å². The molecule has 1 saturated heterocycles. The van der Waals surface area contributed by atoms with Crippen molar-refractivity contribution >= 4 is 11.8 Å². The summed E-state index contributed by atoms with van der Waals surface area (Å²) in [5, 5.41) is 6.36. The molecule has 1 atom stereocenters. The average Bonchev–Trinajstić information content (AvgIpc) is 2.76. The van der Waals surface area contributed by atoms with Gasteiger partial charge >= 0.3 is 0 Å². The molecule has 92 valence electrons. The van der Waals surface area contributed by atoms with Crippen LogP contribution in [-0.4, -0.2) is 34.5 Å². The highest BCUT2D eigenvalue weighted by Gasteiger charge is 2.36. The zero-order valence-corrected chi connectivity index (χ0v) is 9.84. The van der Waals surface area contributed by atoms with Crippen LogP contribution in [0, 0.1) is 5.92 Å². The van der Waals surface area contributed by atoms with Gasteiger partial charge in [-0.25, -0.2) is 0 Å². The molecule has 0 aromatic carbocycles. The second-order valence-electron chi connectivity index (χ2n) is 4.42. The molecule has 2 heterocycles. The number of aromatic nitrogens is 1. The first-order valence-electron chi connectivity index (χ1n) is 5.56. The lowest BCUT2D eigenvalue weighted by molar-refractivity contribution is -0.148. The second kappa shape index (κ2) is 4.57. The largest absolute Gasteiger partial charge is 0.364 e. The van der Waals surface area contributed by atoms with E-state index in [4.69, 9.17) is 4.52 Å². The zero-order chi connectivity index (χ0) is 12.4. The van der Waals surface area contributed by atoms with E-state index in [2.05, 4.69) is 10.5 Å². The van der Waals surface area contributed by atoms with Crippen molar-refractivity contribution in [3.8, 4) is 0 Å². The molecule has 1 aliphatic heterocycles. The minimum Gasteiger partial charge on any atom is -0.364 e. The lowest BCUT2D eigenvalue weighted by atomic mass is 9.99. The van der Waals surface area contributed by atoms with Crippen LogP contribution in [0.2, 0.25) is 0 Å². The lowest BCUT2D eigenvalue weighted by Crippen LogP contribution is -2.59. The Hall–Kier alpha value is -1.85. The molecular weight excluding hydrogens is 222 g/mol. The van der Waals surface area contributed by atoms with Gasteiger partial charge in [0.15, 0.2) is 0 Å². The van der Waals surface area contributed by atoms with Crippen molar-refractivity contribution in [1.29, 1.82) is 0 Å². The van der Waals surface area contributed by atoms with Crippen LogP contribution in [0.1, 0.15) is 19.5 Å². The van der Waals surface area contributed by atoms with E-state index in [9.17, 15) is 9.59 Å². The molecule has 1 fully saturated rings. The summed E-state index contributed by atoms with van der Waals surface area (Å²) in [7, 11) is 0. The summed E-state index contributed by atoms with van der Waals surface area (Å²) < 4.78 is 4.73. The zero-order valence-electron chi connectivity index (χ0n) is 9.84. The maximum Gasteiger partial charge on any atom is 0.243 e. The SMILES string of the molecule is CC(C)C1C(=O)NCC(=O)N1Cc1ccon1. The number of amides is 2. The molecule has 1 aromatic rings. The molecule has 1 aromatic heterocycles. The highest BCUT2D eigenvalue weighted by Crippen LogP contribution is 2.17. The van der Waals surface area contributed by atoms with E-state index in [1.807, 2.05) is 13.8 Å². The first-order chi connectivity index (χ1) is 8.09. The molecule has 2 amide bonds. The summed E-state index contributed by atoms with van der Waals surface area (Å²) in [6, 6.07) is 1.25. The summed E-state index contributed by atoms with van der Waals surface area (Å²) in [4.78, 5) is 25.2. The maximum absolute atomic E-state index is 11.8. The highest BCUT2D eigenvalue weighted by atomic mass is 16.5. The smallest absolute Gasteiger partial charge is 0.243 e. The van der Waals surface area contributed by atoms with E-state index < -0.39 is 6.04 Å². The Morgan fingerprint density at radius 2 is 2.35 bits per heavy atom. The van der Waals surface area contributed by atoms with E-state index in [1.165, 1.54) is 6.26 Å². The van der Waals surface area contributed by atoms with Crippen LogP contribution < -0.4 is 5.32 Å². The quantitative estimate of drug-likeness (QED) is 0.812. The first-order valence-corrected chi connectivity index (χ1v) is 5.56. The Bertz CT molecular complexity index is 414. The van der Waals surface area contributed by atoms with Gasteiger partial charge in [-0.2, -0.15) is 0 Å². The minimum atomic E-state index is -0.437. The topological polar surface area (TPSA) is 75.4 Å². The number of nitrogens with one attached hydrogen (secondary N) is 1. The summed E-state index contributed by atoms with van der Waals surface area (Å²) in [6.07, 6.45) is 1.45. The van der Waals surface area contributed by atoms with Crippen molar-refractivity contribution < 1.29 is 14.1 Å². The molecule has 17 heavy (non-hydrogen) atoms. The van der Waals surface area contributed by atoms with Gasteiger partial charge in [-0.15, -0.1) is 0 Å². The maximum atomic E-state index is 11.8. The Morgan fingerprint density at radius 1 is 1.59 bits per heavy atom. The highest BCUT2D eigenvalue weighted by molar-refractivity contribution is 5.94. The van der Waals surface area contributed by atoms with Crippen molar-refractivity contribution in [2.45, 2.75) is 26.4 Å². The third-order valence-corrected chi connectivity index (χ3v) is 2.79. The molecule has 0 saturated carbocycles. The van der Waals surface area contributed by atoms with E-state index in [0.717, 1.165) is 0 Å². The third kappa shape index (κ3) is 2.30. The van der Waals surface area contributed by atoms with E-state index in [1.54, 1.807) is 11.0 Å². The monoisotopic (exact) mass is 237 g/mol. The molecule has 6 nitrogen and oxygen atoms in total. The number of carbonyl (C=O) groups is 2. The predicted molar refractivity (Wildman–Crippen MR) is 58.7 cm³/mol. The minimum absolute atomic E-state index is 0.0555. The van der Waals surface area contributed by atoms with Gasteiger partial charge in [0.2, 0.25) is 11.8 Å². The van der Waals surface area contributed by atoms with Crippen molar-refractivity contribution in [3.63, 3.8) is 0 Å². The molecule has 2 rings (SSSR count). The first kappa shape index (κ1) is 11.6. The van der Waals surface area contributed by atoms with Crippen LogP contribution in [0.4, 0.5) is 0 Å². The van der Waals surface area contributed by atoms with E-state index in [0.29, 0.717) is 12.2 Å². The van der Waals surface area contributed by atoms with Crippen LogP contribution in [0.25, 0.3) is 0 Å². The molecule has 0 bridgehead atoms. The van der Waals surface area contributed by atoms with Crippen molar-refractivity contribution in [2.75, 3.05) is 6.54 Å². The van der Waals surface area contributed by atoms with Crippen LogP contribution in [0.15, 0.2) is 16.9 Å². The van der Waals surface area contributed by atoms with Crippen LogP contribution in [-0.2, 0) is 16.1 Å². The number of rotatable bonds is 3. The fourth-order valence-electron chi connectivity index (χ4n) is 2.01. The lowest BCUT2D eigenvalue weighted by Gasteiger charge is -2.36. The van der Waals surface area contributed by atoms with E-state index >= 15 is 0 Å². The molecule has 1 unspecified atom stereocenters. The Balaban J connectivity index is 2.20. The fraction of sp³-hybridized carbons (Fsp3) is 0.545. The van der Waals surface area contributed by atoms with Crippen LogP contribution in [0.3, 0.4) is 0 Å². The van der Waals surface area contributed by atoms with Gasteiger partial charge < -0.3 is 14.7 Å². The van der Waals surface area contributed by atoms with Crippen molar-refractivity contribution in [2.24, 2.45) is 5.92 Å². The number of piperazine rings is 1. The van der Waals surface area contributed by atoms with Gasteiger partial charge in [-0.1, -0.05) is 19.0 Å². The van der Waals surface area contributed by atoms with Gasteiger partial charge in [0.25, 0.3) is 0 Å². The molecule has 1 aliphatic rings. The molecule has 1 N–H and O–H groups in total. The van der Waals surface area contributed by atoms with Gasteiger partial charge in [-0.3, -0.25) is 9.59 Å². The average molecular weight is 237 g/mol. The molecule has 0 aliphatic carbocycles. The number of carbonyl (C=O) groups excluding carboxylic acids is 2. The van der Waals surface area contributed by atoms with Crippen molar-refractivity contribution in [1.82, 2.24) is 15.4 Å². The fourth-order valence-corrected chi connectivity index (χ4v) is 2.01. The second-order valence-corrected chi connectivity index (χ2v) is 4.42. The summed E-state index contributed by atoms with van der Waals surface area (Å²) >= 11 is 0. The molecule has 0 spiro atoms. The van der Waals surface area contributed by atoms with E-state index in [-0.39, 0.29) is 24.3 Å².